The van der Waals surface area contributed by atoms with Crippen LogP contribution in [0.1, 0.15) is 18.9 Å². The summed E-state index contributed by atoms with van der Waals surface area (Å²) in [5.41, 5.74) is 2.20. The molecular weight excluding hydrogens is 215 g/mol. The molecule has 0 amide bonds. The highest BCUT2D eigenvalue weighted by atomic mass is 19.1. The Morgan fingerprint density at radius 1 is 1.41 bits per heavy atom. The molecule has 2 rings (SSSR count). The fraction of sp³-hybridized carbons (Fsp3) is 0.571. The first-order valence-corrected chi connectivity index (χ1v) is 6.30. The van der Waals surface area contributed by atoms with Gasteiger partial charge in [-0.1, -0.05) is 13.0 Å². The van der Waals surface area contributed by atoms with E-state index in [0.717, 1.165) is 30.8 Å². The number of anilines is 1. The van der Waals surface area contributed by atoms with E-state index in [1.54, 1.807) is 6.07 Å². The quantitative estimate of drug-likeness (QED) is 0.849. The van der Waals surface area contributed by atoms with Crippen molar-refractivity contribution in [3.63, 3.8) is 0 Å². The molecule has 1 aromatic rings. The lowest BCUT2D eigenvalue weighted by molar-refractivity contribution is 0.338. The molecule has 2 unspecified atom stereocenters. The van der Waals surface area contributed by atoms with Gasteiger partial charge in [-0.2, -0.15) is 0 Å². The molecule has 0 radical (unpaired) electrons. The number of halogens is 1. The maximum Gasteiger partial charge on any atom is 0.125 e. The zero-order valence-corrected chi connectivity index (χ0v) is 10.8. The molecule has 0 spiro atoms. The minimum absolute atomic E-state index is 0.144. The van der Waals surface area contributed by atoms with Gasteiger partial charge in [-0.25, -0.2) is 4.39 Å². The van der Waals surface area contributed by atoms with Crippen molar-refractivity contribution in [2.45, 2.75) is 26.3 Å². The highest BCUT2D eigenvalue weighted by Crippen LogP contribution is 2.26. The van der Waals surface area contributed by atoms with Gasteiger partial charge in [-0.15, -0.1) is 0 Å². The molecule has 1 aromatic carbocycles. The van der Waals surface area contributed by atoms with Crippen LogP contribution in [-0.2, 0) is 0 Å². The first-order chi connectivity index (χ1) is 8.11. The third kappa shape index (κ3) is 2.60. The third-order valence-corrected chi connectivity index (χ3v) is 3.79. The lowest BCUT2D eigenvalue weighted by atomic mass is 9.93. The van der Waals surface area contributed by atoms with E-state index in [4.69, 9.17) is 0 Å². The monoisotopic (exact) mass is 236 g/mol. The Bertz CT molecular complexity index is 392. The van der Waals surface area contributed by atoms with Crippen LogP contribution in [0.4, 0.5) is 10.1 Å². The fourth-order valence-corrected chi connectivity index (χ4v) is 2.72. The zero-order chi connectivity index (χ0) is 12.4. The summed E-state index contributed by atoms with van der Waals surface area (Å²) in [5, 5.41) is 3.35. The number of nitrogens with zero attached hydrogens (tertiary/aromatic N) is 1. The molecule has 0 aromatic heterocycles. The summed E-state index contributed by atoms with van der Waals surface area (Å²) >= 11 is 0. The van der Waals surface area contributed by atoms with Crippen LogP contribution in [0.25, 0.3) is 0 Å². The molecule has 1 N–H and O–H groups in total. The molecule has 3 heteroatoms. The normalized spacial score (nSPS) is 25.1. The molecule has 1 aliphatic rings. The van der Waals surface area contributed by atoms with Crippen molar-refractivity contribution < 1.29 is 4.39 Å². The summed E-state index contributed by atoms with van der Waals surface area (Å²) in [6.07, 6.45) is 1.12. The number of aryl methyl sites for hydroxylation is 1. The van der Waals surface area contributed by atoms with E-state index in [1.165, 1.54) is 6.07 Å². The predicted octanol–water partition coefficient (Wildman–Crippen LogP) is 2.57. The van der Waals surface area contributed by atoms with Crippen molar-refractivity contribution in [2.24, 2.45) is 5.92 Å². The van der Waals surface area contributed by atoms with Crippen molar-refractivity contribution in [2.75, 3.05) is 25.0 Å². The van der Waals surface area contributed by atoms with Crippen molar-refractivity contribution >= 4 is 5.69 Å². The second-order valence-electron chi connectivity index (χ2n) is 5.04. The third-order valence-electron chi connectivity index (χ3n) is 3.79. The zero-order valence-electron chi connectivity index (χ0n) is 10.8. The Labute approximate surface area is 103 Å². The molecule has 1 saturated heterocycles. The van der Waals surface area contributed by atoms with Gasteiger partial charge in [-0.3, -0.25) is 0 Å². The van der Waals surface area contributed by atoms with Crippen LogP contribution in [0.3, 0.4) is 0 Å². The van der Waals surface area contributed by atoms with Crippen LogP contribution < -0.4 is 10.2 Å². The summed E-state index contributed by atoms with van der Waals surface area (Å²) in [4.78, 5) is 2.30. The van der Waals surface area contributed by atoms with E-state index in [2.05, 4.69) is 17.1 Å². The van der Waals surface area contributed by atoms with Crippen molar-refractivity contribution in [3.8, 4) is 0 Å². The molecule has 2 atom stereocenters. The molecule has 1 fully saturated rings. The van der Waals surface area contributed by atoms with Gasteiger partial charge in [0.05, 0.1) is 0 Å². The molecular formula is C14H21FN2. The maximum atomic E-state index is 13.3. The number of rotatable bonds is 2. The van der Waals surface area contributed by atoms with Crippen LogP contribution in [0.5, 0.6) is 0 Å². The van der Waals surface area contributed by atoms with Gasteiger partial charge in [0, 0.05) is 24.8 Å². The topological polar surface area (TPSA) is 15.3 Å². The van der Waals surface area contributed by atoms with E-state index in [0.29, 0.717) is 12.0 Å². The average molecular weight is 236 g/mol. The van der Waals surface area contributed by atoms with E-state index >= 15 is 0 Å². The highest BCUT2D eigenvalue weighted by molar-refractivity contribution is 5.53. The largest absolute Gasteiger partial charge is 0.371 e. The Balaban J connectivity index is 2.16. The molecule has 1 aliphatic heterocycles. The van der Waals surface area contributed by atoms with Crippen LogP contribution in [0.2, 0.25) is 0 Å². The van der Waals surface area contributed by atoms with E-state index < -0.39 is 0 Å². The van der Waals surface area contributed by atoms with Crippen molar-refractivity contribution in [1.82, 2.24) is 5.32 Å². The summed E-state index contributed by atoms with van der Waals surface area (Å²) in [6, 6.07) is 5.63. The van der Waals surface area contributed by atoms with E-state index in [9.17, 15) is 4.39 Å². The predicted molar refractivity (Wildman–Crippen MR) is 70.0 cm³/mol. The standard InChI is InChI=1S/C14H21FN2/c1-10-4-5-12(15)8-14(10)17-7-6-13(16-3)11(2)9-17/h4-5,8,11,13,16H,6-7,9H2,1-3H3. The lowest BCUT2D eigenvalue weighted by Gasteiger charge is -2.38. The summed E-state index contributed by atoms with van der Waals surface area (Å²) in [6.45, 7) is 6.29. The molecule has 17 heavy (non-hydrogen) atoms. The summed E-state index contributed by atoms with van der Waals surface area (Å²) in [7, 11) is 2.02. The molecule has 2 nitrogen and oxygen atoms in total. The van der Waals surface area contributed by atoms with Crippen LogP contribution in [0.15, 0.2) is 18.2 Å². The van der Waals surface area contributed by atoms with Gasteiger partial charge < -0.3 is 10.2 Å². The molecule has 0 bridgehead atoms. The first-order valence-electron chi connectivity index (χ1n) is 6.30. The minimum Gasteiger partial charge on any atom is -0.371 e. The first kappa shape index (κ1) is 12.4. The minimum atomic E-state index is -0.144. The van der Waals surface area contributed by atoms with E-state index in [1.807, 2.05) is 20.0 Å². The molecule has 1 heterocycles. The summed E-state index contributed by atoms with van der Waals surface area (Å²) < 4.78 is 13.3. The van der Waals surface area contributed by atoms with Gasteiger partial charge in [0.2, 0.25) is 0 Å². The van der Waals surface area contributed by atoms with Crippen LogP contribution in [0, 0.1) is 18.7 Å². The second-order valence-corrected chi connectivity index (χ2v) is 5.04. The SMILES string of the molecule is CNC1CCN(c2cc(F)ccc2C)CC1C. The van der Waals surface area contributed by atoms with Gasteiger partial charge in [0.15, 0.2) is 0 Å². The lowest BCUT2D eigenvalue weighted by Crippen LogP contribution is -2.47. The smallest absolute Gasteiger partial charge is 0.125 e. The average Bonchev–Trinajstić information content (AvgIpc) is 2.32. The molecule has 0 saturated carbocycles. The number of hydrogen-bond acceptors (Lipinski definition) is 2. The van der Waals surface area contributed by atoms with Gasteiger partial charge >= 0.3 is 0 Å². The number of piperidine rings is 1. The Morgan fingerprint density at radius 2 is 2.18 bits per heavy atom. The Hall–Kier alpha value is -1.09. The van der Waals surface area contributed by atoms with Gasteiger partial charge in [0.1, 0.15) is 5.82 Å². The maximum absolute atomic E-state index is 13.3. The van der Waals surface area contributed by atoms with Crippen LogP contribution >= 0.6 is 0 Å². The molecule has 94 valence electrons. The van der Waals surface area contributed by atoms with Gasteiger partial charge in [-0.05, 0) is 44.0 Å². The fourth-order valence-electron chi connectivity index (χ4n) is 2.72. The molecule has 0 aliphatic carbocycles. The number of benzene rings is 1. The van der Waals surface area contributed by atoms with Crippen LogP contribution in [-0.4, -0.2) is 26.2 Å². The highest BCUT2D eigenvalue weighted by Gasteiger charge is 2.25. The summed E-state index contributed by atoms with van der Waals surface area (Å²) in [5.74, 6) is 0.449. The second kappa shape index (κ2) is 5.05. The van der Waals surface area contributed by atoms with Crippen molar-refractivity contribution in [1.29, 1.82) is 0 Å². The van der Waals surface area contributed by atoms with Gasteiger partial charge in [0.25, 0.3) is 0 Å². The number of hydrogen-bond donors (Lipinski definition) is 1. The van der Waals surface area contributed by atoms with E-state index in [-0.39, 0.29) is 5.82 Å². The number of nitrogens with one attached hydrogen (secondary N) is 1. The Morgan fingerprint density at radius 3 is 2.82 bits per heavy atom. The van der Waals surface area contributed by atoms with Crippen molar-refractivity contribution in [3.05, 3.63) is 29.6 Å². The Kier molecular flexibility index (Phi) is 3.67.